The lowest BCUT2D eigenvalue weighted by Gasteiger charge is -2.24. The normalized spacial score (nSPS) is 17.2. The Morgan fingerprint density at radius 1 is 0.820 bits per heavy atom. The predicted molar refractivity (Wildman–Crippen MR) is 196 cm³/mol. The van der Waals surface area contributed by atoms with Crippen LogP contribution in [0, 0.1) is 0 Å². The van der Waals surface area contributed by atoms with E-state index in [0.29, 0.717) is 30.0 Å². The molecule has 0 spiro atoms. The molecule has 1 unspecified atom stereocenters. The highest BCUT2D eigenvalue weighted by atomic mass is 79.9. The molecular weight excluding hydrogens is 696 g/mol. The van der Waals surface area contributed by atoms with Crippen LogP contribution >= 0.6 is 15.9 Å². The van der Waals surface area contributed by atoms with Gasteiger partial charge in [0.1, 0.15) is 17.4 Å². The number of nitrogens with zero attached hydrogens (tertiary/aromatic N) is 1. The van der Waals surface area contributed by atoms with Crippen LogP contribution in [0.5, 0.6) is 0 Å². The molecule has 2 fully saturated rings. The molecule has 0 radical (unpaired) electrons. The average Bonchev–Trinajstić information content (AvgIpc) is 3.91. The zero-order valence-corrected chi connectivity index (χ0v) is 29.0. The van der Waals surface area contributed by atoms with Gasteiger partial charge in [-0.05, 0) is 88.6 Å². The van der Waals surface area contributed by atoms with Crippen LogP contribution in [-0.2, 0) is 32.0 Å². The van der Waals surface area contributed by atoms with Crippen molar-refractivity contribution in [3.63, 3.8) is 0 Å². The first-order valence-corrected chi connectivity index (χ1v) is 17.8. The van der Waals surface area contributed by atoms with Gasteiger partial charge in [-0.1, -0.05) is 78.9 Å². The van der Waals surface area contributed by atoms with Crippen LogP contribution in [0.1, 0.15) is 36.8 Å². The monoisotopic (exact) mass is 732 g/mol. The maximum absolute atomic E-state index is 13.4. The van der Waals surface area contributed by atoms with E-state index in [1.54, 1.807) is 11.0 Å². The second-order valence-electron chi connectivity index (χ2n) is 12.8. The number of imide groups is 1. The summed E-state index contributed by atoms with van der Waals surface area (Å²) in [4.78, 5) is 53.3. The van der Waals surface area contributed by atoms with Gasteiger partial charge < -0.3 is 20.0 Å². The van der Waals surface area contributed by atoms with E-state index in [-0.39, 0.29) is 42.5 Å². The summed E-state index contributed by atoms with van der Waals surface area (Å²) in [5.41, 5.74) is 5.73. The van der Waals surface area contributed by atoms with Crippen molar-refractivity contribution in [2.75, 3.05) is 18.4 Å². The SMILES string of the molecule is O=C(Cc1ccccc1-c1ccc(-c2oc3ccc(NC(=O)[C@@H]4CCCN4C(=O)Cc4ccccc4)cc3c2Br)cc1)NC(=O)C1CCCN1. The Morgan fingerprint density at radius 2 is 1.58 bits per heavy atom. The quantitative estimate of drug-likeness (QED) is 0.156. The molecule has 10 heteroatoms. The first kappa shape index (κ1) is 33.4. The van der Waals surface area contributed by atoms with Crippen LogP contribution in [-0.4, -0.2) is 53.7 Å². The zero-order valence-electron chi connectivity index (χ0n) is 27.4. The molecule has 3 N–H and O–H groups in total. The summed E-state index contributed by atoms with van der Waals surface area (Å²) in [5.74, 6) is -0.196. The number of anilines is 1. The van der Waals surface area contributed by atoms with Crippen LogP contribution in [0.3, 0.4) is 0 Å². The molecule has 2 aliphatic heterocycles. The van der Waals surface area contributed by atoms with Crippen molar-refractivity contribution in [3.8, 4) is 22.5 Å². The molecule has 1 aromatic heterocycles. The fraction of sp³-hybridized carbons (Fsp3) is 0.250. The van der Waals surface area contributed by atoms with Gasteiger partial charge in [0, 0.05) is 23.2 Å². The molecule has 7 rings (SSSR count). The predicted octanol–water partition coefficient (Wildman–Crippen LogP) is 6.64. The van der Waals surface area contributed by atoms with Crippen LogP contribution < -0.4 is 16.0 Å². The third kappa shape index (κ3) is 7.27. The summed E-state index contributed by atoms with van der Waals surface area (Å²) in [7, 11) is 0. The largest absolute Gasteiger partial charge is 0.455 e. The van der Waals surface area contributed by atoms with E-state index >= 15 is 0 Å². The Hall–Kier alpha value is -5.06. The molecule has 254 valence electrons. The van der Waals surface area contributed by atoms with Crippen molar-refractivity contribution >= 4 is 56.2 Å². The van der Waals surface area contributed by atoms with Crippen LogP contribution in [0.25, 0.3) is 33.4 Å². The van der Waals surface area contributed by atoms with Crippen LogP contribution in [0.15, 0.2) is 106 Å². The molecule has 0 saturated carbocycles. The lowest BCUT2D eigenvalue weighted by atomic mass is 9.96. The van der Waals surface area contributed by atoms with Gasteiger partial charge in [-0.3, -0.25) is 24.5 Å². The van der Waals surface area contributed by atoms with Crippen LogP contribution in [0.4, 0.5) is 5.69 Å². The molecular formula is C40H37BrN4O5. The highest BCUT2D eigenvalue weighted by Gasteiger charge is 2.34. The van der Waals surface area contributed by atoms with E-state index < -0.39 is 6.04 Å². The number of carbonyl (C=O) groups excluding carboxylic acids is 4. The number of furan rings is 1. The summed E-state index contributed by atoms with van der Waals surface area (Å²) in [6, 6.07) is 29.9. The fourth-order valence-electron chi connectivity index (χ4n) is 6.87. The Morgan fingerprint density at radius 3 is 2.36 bits per heavy atom. The van der Waals surface area contributed by atoms with Gasteiger partial charge in [0.15, 0.2) is 0 Å². The number of benzene rings is 4. The van der Waals surface area contributed by atoms with Crippen molar-refractivity contribution in [2.24, 2.45) is 0 Å². The topological polar surface area (TPSA) is 121 Å². The number of likely N-dealkylation sites (tertiary alicyclic amines) is 1. The number of hydrogen-bond acceptors (Lipinski definition) is 6. The van der Waals surface area contributed by atoms with Crippen molar-refractivity contribution in [2.45, 2.75) is 50.6 Å². The molecule has 2 atom stereocenters. The molecule has 4 amide bonds. The van der Waals surface area contributed by atoms with Gasteiger partial charge in [0.25, 0.3) is 0 Å². The maximum Gasteiger partial charge on any atom is 0.247 e. The smallest absolute Gasteiger partial charge is 0.247 e. The van der Waals surface area contributed by atoms with E-state index in [1.165, 1.54) is 0 Å². The summed E-state index contributed by atoms with van der Waals surface area (Å²) in [6.07, 6.45) is 3.43. The Kier molecular flexibility index (Phi) is 9.91. The first-order chi connectivity index (χ1) is 24.3. The standard InChI is InChI=1S/C40H37BrN4O5/c41-37-31-24-29(43-40(49)33-13-7-21-45(33)36(47)22-25-8-2-1-3-9-25)18-19-34(31)50-38(37)27-16-14-26(15-17-27)30-11-5-4-10-28(30)23-35(46)44-39(48)32-12-6-20-42-32/h1-5,8-11,14-19,24,32-33,42H,6-7,12-13,20-23H2,(H,43,49)(H,44,46,48)/t32?,33-/m0/s1. The number of hydrogen-bond donors (Lipinski definition) is 3. The Labute approximate surface area is 298 Å². The van der Waals surface area contributed by atoms with E-state index in [0.717, 1.165) is 63.5 Å². The minimum absolute atomic E-state index is 0.0460. The molecule has 0 aliphatic carbocycles. The van der Waals surface area contributed by atoms with Gasteiger partial charge in [0.2, 0.25) is 23.6 Å². The number of halogens is 1. The minimum atomic E-state index is -0.514. The highest BCUT2D eigenvalue weighted by molar-refractivity contribution is 9.10. The number of carbonyl (C=O) groups is 4. The number of fused-ring (bicyclic) bond motifs is 1. The lowest BCUT2D eigenvalue weighted by molar-refractivity contribution is -0.136. The van der Waals surface area contributed by atoms with E-state index in [1.807, 2.05) is 91.0 Å². The van der Waals surface area contributed by atoms with E-state index in [9.17, 15) is 19.2 Å². The van der Waals surface area contributed by atoms with Gasteiger partial charge in [-0.15, -0.1) is 0 Å². The van der Waals surface area contributed by atoms with E-state index in [4.69, 9.17) is 4.42 Å². The summed E-state index contributed by atoms with van der Waals surface area (Å²) < 4.78 is 7.01. The third-order valence-electron chi connectivity index (χ3n) is 9.43. The molecule has 5 aromatic rings. The van der Waals surface area contributed by atoms with E-state index in [2.05, 4.69) is 31.9 Å². The second-order valence-corrected chi connectivity index (χ2v) is 13.6. The average molecular weight is 734 g/mol. The fourth-order valence-corrected chi connectivity index (χ4v) is 7.49. The molecule has 4 aromatic carbocycles. The zero-order chi connectivity index (χ0) is 34.6. The van der Waals surface area contributed by atoms with Gasteiger partial charge in [-0.2, -0.15) is 0 Å². The number of amides is 4. The van der Waals surface area contributed by atoms with Crippen molar-refractivity contribution < 1.29 is 23.6 Å². The van der Waals surface area contributed by atoms with Gasteiger partial charge in [0.05, 0.1) is 23.4 Å². The van der Waals surface area contributed by atoms with Crippen molar-refractivity contribution in [3.05, 3.63) is 113 Å². The highest BCUT2D eigenvalue weighted by Crippen LogP contribution is 2.39. The molecule has 3 heterocycles. The summed E-state index contributed by atoms with van der Waals surface area (Å²) >= 11 is 3.73. The molecule has 50 heavy (non-hydrogen) atoms. The first-order valence-electron chi connectivity index (χ1n) is 17.0. The maximum atomic E-state index is 13.4. The van der Waals surface area contributed by atoms with Gasteiger partial charge in [-0.25, -0.2) is 0 Å². The summed E-state index contributed by atoms with van der Waals surface area (Å²) in [5, 5.41) is 9.50. The number of rotatable bonds is 9. The lowest BCUT2D eigenvalue weighted by Crippen LogP contribution is -2.43. The molecule has 2 aliphatic rings. The third-order valence-corrected chi connectivity index (χ3v) is 10.2. The molecule has 2 saturated heterocycles. The van der Waals surface area contributed by atoms with Gasteiger partial charge >= 0.3 is 0 Å². The minimum Gasteiger partial charge on any atom is -0.455 e. The van der Waals surface area contributed by atoms with Crippen molar-refractivity contribution in [1.82, 2.24) is 15.5 Å². The Bertz CT molecular complexity index is 2050. The summed E-state index contributed by atoms with van der Waals surface area (Å²) in [6.45, 7) is 1.35. The second kappa shape index (κ2) is 14.8. The van der Waals surface area contributed by atoms with Crippen LogP contribution in [0.2, 0.25) is 0 Å². The molecule has 9 nitrogen and oxygen atoms in total. The molecule has 0 bridgehead atoms. The number of nitrogens with one attached hydrogen (secondary N) is 3. The Balaban J connectivity index is 1.03. The van der Waals surface area contributed by atoms with Crippen molar-refractivity contribution in [1.29, 1.82) is 0 Å².